The van der Waals surface area contributed by atoms with Gasteiger partial charge in [-0.2, -0.15) is 7.05 Å². The summed E-state index contributed by atoms with van der Waals surface area (Å²) in [6, 6.07) is 0.655. The molecule has 0 saturated heterocycles. The van der Waals surface area contributed by atoms with Gasteiger partial charge in [-0.3, -0.25) is 0 Å². The molecular formula is C16H28N-. The van der Waals surface area contributed by atoms with E-state index in [1.54, 1.807) is 0 Å². The first kappa shape index (κ1) is 12.0. The molecule has 1 heteroatoms. The van der Waals surface area contributed by atoms with Crippen molar-refractivity contribution in [3.8, 4) is 0 Å². The van der Waals surface area contributed by atoms with E-state index in [4.69, 9.17) is 5.32 Å². The Hall–Kier alpha value is -0.0400. The van der Waals surface area contributed by atoms with E-state index in [9.17, 15) is 0 Å². The topological polar surface area (TPSA) is 14.1 Å². The van der Waals surface area contributed by atoms with Crippen LogP contribution in [-0.2, 0) is 0 Å². The van der Waals surface area contributed by atoms with Gasteiger partial charge in [0.1, 0.15) is 0 Å². The molecule has 5 unspecified atom stereocenters. The highest BCUT2D eigenvalue weighted by Crippen LogP contribution is 2.70. The predicted molar refractivity (Wildman–Crippen MR) is 73.1 cm³/mol. The van der Waals surface area contributed by atoms with E-state index in [0.29, 0.717) is 16.9 Å². The number of nitrogens with zero attached hydrogens (tertiary/aromatic N) is 1. The second kappa shape index (κ2) is 3.50. The molecular weight excluding hydrogens is 206 g/mol. The molecule has 0 radical (unpaired) electrons. The van der Waals surface area contributed by atoms with Crippen molar-refractivity contribution in [1.82, 2.24) is 0 Å². The first-order chi connectivity index (χ1) is 7.89. The van der Waals surface area contributed by atoms with Crippen LogP contribution in [0.1, 0.15) is 53.4 Å². The molecule has 4 fully saturated rings. The summed E-state index contributed by atoms with van der Waals surface area (Å²) in [4.78, 5) is 0. The second-order valence-electron chi connectivity index (χ2n) is 8.08. The van der Waals surface area contributed by atoms with Crippen LogP contribution in [0, 0.1) is 34.5 Å². The first-order valence-corrected chi connectivity index (χ1v) is 7.48. The van der Waals surface area contributed by atoms with Crippen molar-refractivity contribution < 1.29 is 0 Å². The quantitative estimate of drug-likeness (QED) is 0.669. The maximum Gasteiger partial charge on any atom is -0.0288 e. The van der Waals surface area contributed by atoms with Crippen molar-refractivity contribution in [3.63, 3.8) is 0 Å². The maximum absolute atomic E-state index is 4.70. The Labute approximate surface area is 107 Å². The lowest BCUT2D eigenvalue weighted by atomic mass is 9.49. The van der Waals surface area contributed by atoms with E-state index in [2.05, 4.69) is 27.7 Å². The third-order valence-corrected chi connectivity index (χ3v) is 6.62. The van der Waals surface area contributed by atoms with Gasteiger partial charge in [0.15, 0.2) is 0 Å². The van der Waals surface area contributed by atoms with E-state index < -0.39 is 0 Å². The molecule has 0 aliphatic heterocycles. The largest absolute Gasteiger partial charge is 0.662 e. The fourth-order valence-corrected chi connectivity index (χ4v) is 6.07. The normalized spacial score (nSPS) is 56.8. The van der Waals surface area contributed by atoms with Crippen LogP contribution < -0.4 is 0 Å². The Balaban J connectivity index is 1.94. The molecule has 4 bridgehead atoms. The lowest BCUT2D eigenvalue weighted by Crippen LogP contribution is -2.53. The molecule has 0 aromatic carbocycles. The highest BCUT2D eigenvalue weighted by molar-refractivity contribution is 5.18. The van der Waals surface area contributed by atoms with E-state index in [-0.39, 0.29) is 0 Å². The predicted octanol–water partition coefficient (Wildman–Crippen LogP) is 4.48. The molecule has 4 aliphatic rings. The van der Waals surface area contributed by atoms with Crippen LogP contribution in [0.25, 0.3) is 5.32 Å². The summed E-state index contributed by atoms with van der Waals surface area (Å²) in [5.74, 6) is 3.86. The number of rotatable bonds is 2. The molecule has 4 saturated carbocycles. The van der Waals surface area contributed by atoms with Gasteiger partial charge in [-0.25, -0.2) is 0 Å². The molecule has 0 aromatic rings. The summed E-state index contributed by atoms with van der Waals surface area (Å²) in [5.41, 5.74) is 1.17. The van der Waals surface area contributed by atoms with Crippen molar-refractivity contribution in [1.29, 1.82) is 0 Å². The smallest absolute Gasteiger partial charge is 0.0288 e. The maximum atomic E-state index is 4.70. The average Bonchev–Trinajstić information content (AvgIpc) is 2.43. The van der Waals surface area contributed by atoms with Gasteiger partial charge in [-0.15, -0.1) is 6.04 Å². The van der Waals surface area contributed by atoms with Crippen LogP contribution in [0.3, 0.4) is 0 Å². The van der Waals surface area contributed by atoms with Gasteiger partial charge in [0, 0.05) is 0 Å². The average molecular weight is 234 g/mol. The molecule has 0 aromatic heterocycles. The number of hydrogen-bond acceptors (Lipinski definition) is 0. The zero-order valence-electron chi connectivity index (χ0n) is 12.2. The lowest BCUT2D eigenvalue weighted by molar-refractivity contribution is -0.0516. The Kier molecular flexibility index (Phi) is 2.47. The fourth-order valence-electron chi connectivity index (χ4n) is 6.07. The van der Waals surface area contributed by atoms with Crippen LogP contribution in [-0.4, -0.2) is 13.1 Å². The van der Waals surface area contributed by atoms with E-state index >= 15 is 0 Å². The van der Waals surface area contributed by atoms with Crippen LogP contribution in [0.4, 0.5) is 0 Å². The van der Waals surface area contributed by atoms with Gasteiger partial charge in [0.25, 0.3) is 0 Å². The summed E-state index contributed by atoms with van der Waals surface area (Å²) in [5, 5.41) is 4.70. The summed E-state index contributed by atoms with van der Waals surface area (Å²) >= 11 is 0. The van der Waals surface area contributed by atoms with Gasteiger partial charge in [0.2, 0.25) is 0 Å². The van der Waals surface area contributed by atoms with Crippen LogP contribution in [0.2, 0.25) is 0 Å². The Morgan fingerprint density at radius 2 is 1.82 bits per heavy atom. The fraction of sp³-hybridized carbons (Fsp3) is 1.00. The Bertz CT molecular complexity index is 323. The molecule has 0 N–H and O–H groups in total. The third kappa shape index (κ3) is 1.47. The Morgan fingerprint density at radius 3 is 2.35 bits per heavy atom. The zero-order valence-corrected chi connectivity index (χ0v) is 12.2. The van der Waals surface area contributed by atoms with E-state index in [1.165, 1.54) is 25.7 Å². The molecule has 0 spiro atoms. The molecule has 4 aliphatic carbocycles. The monoisotopic (exact) mass is 234 g/mol. The van der Waals surface area contributed by atoms with E-state index in [1.807, 2.05) is 7.05 Å². The molecule has 98 valence electrons. The Morgan fingerprint density at radius 1 is 1.12 bits per heavy atom. The minimum absolute atomic E-state index is 0.520. The van der Waals surface area contributed by atoms with Gasteiger partial charge in [0.05, 0.1) is 0 Å². The summed E-state index contributed by atoms with van der Waals surface area (Å²) < 4.78 is 0. The lowest BCUT2D eigenvalue weighted by Gasteiger charge is -2.63. The zero-order chi connectivity index (χ0) is 12.4. The molecule has 0 amide bonds. The van der Waals surface area contributed by atoms with Crippen molar-refractivity contribution >= 4 is 0 Å². The SMILES string of the molecule is C[N-][C@H]1CC2C3CC1(C)CC2(C)CC3C(C)C. The van der Waals surface area contributed by atoms with Crippen molar-refractivity contribution in [3.05, 3.63) is 5.32 Å². The van der Waals surface area contributed by atoms with E-state index in [0.717, 1.165) is 23.7 Å². The number of fused-ring (bicyclic) bond motifs is 1. The molecule has 1 nitrogen and oxygen atoms in total. The van der Waals surface area contributed by atoms with Crippen molar-refractivity contribution in [2.75, 3.05) is 7.05 Å². The molecule has 6 atom stereocenters. The molecule has 17 heavy (non-hydrogen) atoms. The highest BCUT2D eigenvalue weighted by atomic mass is 14.9. The third-order valence-electron chi connectivity index (χ3n) is 6.62. The molecule has 0 heterocycles. The summed E-state index contributed by atoms with van der Waals surface area (Å²) in [6.45, 7) is 9.98. The van der Waals surface area contributed by atoms with Crippen LogP contribution in [0.15, 0.2) is 0 Å². The standard InChI is InChI=1S/C16H28N/c1-10(2)11-7-15(3)9-16(4)8-12(11)13(15)6-14(16)17-5/h10-14H,6-9H2,1-5H3/q-1/t11?,12?,13?,14-,15?,16?/m0/s1. The van der Waals surface area contributed by atoms with Gasteiger partial charge in [-0.05, 0) is 53.8 Å². The summed E-state index contributed by atoms with van der Waals surface area (Å²) in [7, 11) is 2.04. The van der Waals surface area contributed by atoms with Crippen molar-refractivity contribution in [2.24, 2.45) is 34.5 Å². The molecule has 4 rings (SSSR count). The van der Waals surface area contributed by atoms with Crippen LogP contribution >= 0.6 is 0 Å². The van der Waals surface area contributed by atoms with Gasteiger partial charge < -0.3 is 5.32 Å². The minimum atomic E-state index is 0.520. The minimum Gasteiger partial charge on any atom is -0.662 e. The second-order valence-corrected chi connectivity index (χ2v) is 8.08. The van der Waals surface area contributed by atoms with Gasteiger partial charge >= 0.3 is 0 Å². The first-order valence-electron chi connectivity index (χ1n) is 7.48. The van der Waals surface area contributed by atoms with Gasteiger partial charge in [-0.1, -0.05) is 34.1 Å². The number of hydrogen-bond donors (Lipinski definition) is 0. The van der Waals surface area contributed by atoms with Crippen molar-refractivity contribution in [2.45, 2.75) is 59.4 Å². The highest BCUT2D eigenvalue weighted by Gasteiger charge is 2.62. The van der Waals surface area contributed by atoms with Crippen LogP contribution in [0.5, 0.6) is 0 Å². The summed E-state index contributed by atoms with van der Waals surface area (Å²) in [6.07, 6.45) is 5.77.